The van der Waals surface area contributed by atoms with Gasteiger partial charge in [-0.25, -0.2) is 0 Å². The van der Waals surface area contributed by atoms with Gasteiger partial charge in [-0.15, -0.1) is 0 Å². The van der Waals surface area contributed by atoms with Crippen molar-refractivity contribution in [3.05, 3.63) is 0 Å². The SMILES string of the molecule is COCC(C#N)(NCCN(C)C)C(C)C. The summed E-state index contributed by atoms with van der Waals surface area (Å²) in [6.45, 7) is 6.20. The van der Waals surface area contributed by atoms with Gasteiger partial charge in [0.05, 0.1) is 12.7 Å². The van der Waals surface area contributed by atoms with Crippen LogP contribution in [0.3, 0.4) is 0 Å². The third-order valence-corrected chi connectivity index (χ3v) is 2.56. The maximum atomic E-state index is 9.24. The number of nitrogens with one attached hydrogen (secondary N) is 1. The molecule has 0 heterocycles. The van der Waals surface area contributed by atoms with E-state index in [1.54, 1.807) is 7.11 Å². The summed E-state index contributed by atoms with van der Waals surface area (Å²) in [5, 5.41) is 12.5. The van der Waals surface area contributed by atoms with Gasteiger partial charge in [0, 0.05) is 20.2 Å². The Morgan fingerprint density at radius 2 is 2.07 bits per heavy atom. The summed E-state index contributed by atoms with van der Waals surface area (Å²) in [7, 11) is 5.66. The highest BCUT2D eigenvalue weighted by atomic mass is 16.5. The maximum Gasteiger partial charge on any atom is 0.132 e. The molecule has 88 valence electrons. The number of ether oxygens (including phenoxy) is 1. The molecule has 1 unspecified atom stereocenters. The van der Waals surface area contributed by atoms with Crippen molar-refractivity contribution in [2.24, 2.45) is 5.92 Å². The van der Waals surface area contributed by atoms with Crippen LogP contribution in [-0.4, -0.2) is 51.3 Å². The van der Waals surface area contributed by atoms with E-state index >= 15 is 0 Å². The molecule has 0 saturated carbocycles. The largest absolute Gasteiger partial charge is 0.382 e. The van der Waals surface area contributed by atoms with Crippen molar-refractivity contribution in [3.8, 4) is 6.07 Å². The Balaban J connectivity index is 4.30. The molecule has 0 aromatic heterocycles. The lowest BCUT2D eigenvalue weighted by molar-refractivity contribution is 0.110. The van der Waals surface area contributed by atoms with Gasteiger partial charge in [-0.3, -0.25) is 5.32 Å². The van der Waals surface area contributed by atoms with Gasteiger partial charge in [0.15, 0.2) is 0 Å². The van der Waals surface area contributed by atoms with E-state index in [9.17, 15) is 5.26 Å². The topological polar surface area (TPSA) is 48.3 Å². The summed E-state index contributed by atoms with van der Waals surface area (Å²) in [6, 6.07) is 2.34. The zero-order valence-electron chi connectivity index (χ0n) is 10.5. The highest BCUT2D eigenvalue weighted by Crippen LogP contribution is 2.16. The third-order valence-electron chi connectivity index (χ3n) is 2.56. The average molecular weight is 213 g/mol. The van der Waals surface area contributed by atoms with Crippen molar-refractivity contribution in [1.29, 1.82) is 5.26 Å². The molecule has 0 radical (unpaired) electrons. The Labute approximate surface area is 93.2 Å². The van der Waals surface area contributed by atoms with Gasteiger partial charge in [-0.2, -0.15) is 5.26 Å². The molecular weight excluding hydrogens is 190 g/mol. The molecule has 1 N–H and O–H groups in total. The molecule has 0 aliphatic carbocycles. The number of nitriles is 1. The molecule has 4 heteroatoms. The van der Waals surface area contributed by atoms with E-state index in [0.717, 1.165) is 13.1 Å². The van der Waals surface area contributed by atoms with Gasteiger partial charge in [0.2, 0.25) is 0 Å². The number of hydrogen-bond acceptors (Lipinski definition) is 4. The van der Waals surface area contributed by atoms with Crippen LogP contribution in [0.15, 0.2) is 0 Å². The standard InChI is InChI=1S/C11H23N3O/c1-10(2)11(8-12,9-15-5)13-6-7-14(3)4/h10,13H,6-7,9H2,1-5H3. The van der Waals surface area contributed by atoms with Crippen LogP contribution in [0.4, 0.5) is 0 Å². The molecule has 0 saturated heterocycles. The fourth-order valence-electron chi connectivity index (χ4n) is 1.35. The van der Waals surface area contributed by atoms with Crippen LogP contribution in [0.5, 0.6) is 0 Å². The van der Waals surface area contributed by atoms with Crippen LogP contribution in [0, 0.1) is 17.2 Å². The minimum absolute atomic E-state index is 0.226. The van der Waals surface area contributed by atoms with Crippen LogP contribution in [-0.2, 0) is 4.74 Å². The van der Waals surface area contributed by atoms with Gasteiger partial charge in [0.25, 0.3) is 0 Å². The molecule has 0 amide bonds. The Bertz CT molecular complexity index is 210. The van der Waals surface area contributed by atoms with E-state index in [0.29, 0.717) is 6.61 Å². The normalized spacial score (nSPS) is 15.3. The van der Waals surface area contributed by atoms with Crippen molar-refractivity contribution in [1.82, 2.24) is 10.2 Å². The Hall–Kier alpha value is -0.630. The Kier molecular flexibility index (Phi) is 6.50. The summed E-state index contributed by atoms with van der Waals surface area (Å²) < 4.78 is 5.12. The van der Waals surface area contributed by atoms with E-state index in [-0.39, 0.29) is 5.92 Å². The zero-order chi connectivity index (χ0) is 11.9. The average Bonchev–Trinajstić information content (AvgIpc) is 2.15. The van der Waals surface area contributed by atoms with Gasteiger partial charge in [0.1, 0.15) is 5.54 Å². The number of methoxy groups -OCH3 is 1. The van der Waals surface area contributed by atoms with Crippen molar-refractivity contribution in [3.63, 3.8) is 0 Å². The van der Waals surface area contributed by atoms with Crippen molar-refractivity contribution in [2.45, 2.75) is 19.4 Å². The molecule has 4 nitrogen and oxygen atoms in total. The number of likely N-dealkylation sites (N-methyl/N-ethyl adjacent to an activating group) is 1. The summed E-state index contributed by atoms with van der Waals surface area (Å²) in [5.41, 5.74) is -0.565. The first kappa shape index (κ1) is 14.4. The fraction of sp³-hybridized carbons (Fsp3) is 0.909. The van der Waals surface area contributed by atoms with Gasteiger partial charge < -0.3 is 9.64 Å². The van der Waals surface area contributed by atoms with Gasteiger partial charge in [-0.1, -0.05) is 13.8 Å². The highest BCUT2D eigenvalue weighted by Gasteiger charge is 2.33. The molecule has 0 aromatic rings. The highest BCUT2D eigenvalue weighted by molar-refractivity contribution is 5.09. The summed E-state index contributed by atoms with van der Waals surface area (Å²) >= 11 is 0. The van der Waals surface area contributed by atoms with E-state index < -0.39 is 5.54 Å². The molecule has 0 rings (SSSR count). The first-order chi connectivity index (χ1) is 6.98. The minimum atomic E-state index is -0.565. The lowest BCUT2D eigenvalue weighted by atomic mass is 9.88. The summed E-state index contributed by atoms with van der Waals surface area (Å²) in [5.74, 6) is 0.226. The molecule has 15 heavy (non-hydrogen) atoms. The first-order valence-corrected chi connectivity index (χ1v) is 5.28. The Morgan fingerprint density at radius 3 is 2.40 bits per heavy atom. The molecule has 1 atom stereocenters. The minimum Gasteiger partial charge on any atom is -0.382 e. The van der Waals surface area contributed by atoms with E-state index in [4.69, 9.17) is 4.74 Å². The van der Waals surface area contributed by atoms with Gasteiger partial charge in [-0.05, 0) is 20.0 Å². The van der Waals surface area contributed by atoms with Crippen LogP contribution in [0.1, 0.15) is 13.8 Å². The second-order valence-corrected chi connectivity index (χ2v) is 4.40. The molecular formula is C11H23N3O. The van der Waals surface area contributed by atoms with E-state index in [1.807, 2.05) is 27.9 Å². The van der Waals surface area contributed by atoms with E-state index in [1.165, 1.54) is 0 Å². The molecule has 0 aliphatic rings. The Morgan fingerprint density at radius 1 is 1.47 bits per heavy atom. The van der Waals surface area contributed by atoms with Crippen LogP contribution in [0.25, 0.3) is 0 Å². The van der Waals surface area contributed by atoms with E-state index in [2.05, 4.69) is 16.3 Å². The number of nitrogens with zero attached hydrogens (tertiary/aromatic N) is 2. The van der Waals surface area contributed by atoms with Crippen molar-refractivity contribution in [2.75, 3.05) is 40.9 Å². The molecule has 0 aromatic carbocycles. The first-order valence-electron chi connectivity index (χ1n) is 5.28. The lowest BCUT2D eigenvalue weighted by Crippen LogP contribution is -2.53. The van der Waals surface area contributed by atoms with Crippen molar-refractivity contribution >= 4 is 0 Å². The van der Waals surface area contributed by atoms with Crippen LogP contribution < -0.4 is 5.32 Å². The monoisotopic (exact) mass is 213 g/mol. The smallest absolute Gasteiger partial charge is 0.132 e. The zero-order valence-corrected chi connectivity index (χ0v) is 10.5. The molecule has 0 aliphatic heterocycles. The van der Waals surface area contributed by atoms with Crippen LogP contribution in [0.2, 0.25) is 0 Å². The predicted octanol–water partition coefficient (Wildman–Crippen LogP) is 0.702. The molecule has 0 fully saturated rings. The molecule has 0 spiro atoms. The summed E-state index contributed by atoms with van der Waals surface area (Å²) in [4.78, 5) is 2.09. The molecule has 0 bridgehead atoms. The number of rotatable bonds is 7. The second kappa shape index (κ2) is 6.78. The fourth-order valence-corrected chi connectivity index (χ4v) is 1.35. The second-order valence-electron chi connectivity index (χ2n) is 4.40. The predicted molar refractivity (Wildman–Crippen MR) is 61.6 cm³/mol. The van der Waals surface area contributed by atoms with Gasteiger partial charge >= 0.3 is 0 Å². The number of hydrogen-bond donors (Lipinski definition) is 1. The summed E-state index contributed by atoms with van der Waals surface area (Å²) in [6.07, 6.45) is 0. The third kappa shape index (κ3) is 4.61. The van der Waals surface area contributed by atoms with Crippen molar-refractivity contribution < 1.29 is 4.74 Å². The quantitative estimate of drug-likeness (QED) is 0.676. The van der Waals surface area contributed by atoms with Crippen LogP contribution >= 0.6 is 0 Å². The maximum absolute atomic E-state index is 9.24. The lowest BCUT2D eigenvalue weighted by Gasteiger charge is -2.31.